The summed E-state index contributed by atoms with van der Waals surface area (Å²) in [5.41, 5.74) is 3.09. The van der Waals surface area contributed by atoms with Crippen molar-refractivity contribution in [3.05, 3.63) is 71.5 Å². The van der Waals surface area contributed by atoms with Gasteiger partial charge in [0.25, 0.3) is 0 Å². The van der Waals surface area contributed by atoms with Crippen LogP contribution >= 0.6 is 0 Å². The average molecular weight is 438 g/mol. The second kappa shape index (κ2) is 8.64. The molecule has 0 atom stereocenters. The number of rotatable bonds is 5. The molecule has 0 spiro atoms. The van der Waals surface area contributed by atoms with Gasteiger partial charge in [-0.3, -0.25) is 0 Å². The van der Waals surface area contributed by atoms with Crippen molar-refractivity contribution in [2.24, 2.45) is 0 Å². The second-order valence-corrected chi connectivity index (χ2v) is 9.80. The van der Waals surface area contributed by atoms with Crippen LogP contribution in [-0.4, -0.2) is 48.9 Å². The first-order valence-corrected chi connectivity index (χ1v) is 11.8. The number of nitrogens with one attached hydrogen (secondary N) is 1. The van der Waals surface area contributed by atoms with E-state index in [1.165, 1.54) is 5.56 Å². The lowest BCUT2D eigenvalue weighted by atomic mass is 10.2. The molecule has 3 aromatic rings. The molecule has 4 rings (SSSR count). The highest BCUT2D eigenvalue weighted by atomic mass is 32.2. The van der Waals surface area contributed by atoms with Gasteiger partial charge in [-0.2, -0.15) is 4.31 Å². The fourth-order valence-electron chi connectivity index (χ4n) is 3.65. The third-order valence-electron chi connectivity index (χ3n) is 5.34. The van der Waals surface area contributed by atoms with Crippen molar-refractivity contribution in [3.8, 4) is 0 Å². The van der Waals surface area contributed by atoms with Crippen molar-refractivity contribution in [2.45, 2.75) is 25.7 Å². The van der Waals surface area contributed by atoms with Crippen molar-refractivity contribution in [2.75, 3.05) is 36.4 Å². The maximum Gasteiger partial charge on any atom is 0.243 e. The smallest absolute Gasteiger partial charge is 0.243 e. The van der Waals surface area contributed by atoms with Gasteiger partial charge in [0.05, 0.1) is 4.90 Å². The molecule has 0 aliphatic carbocycles. The van der Waals surface area contributed by atoms with Crippen molar-refractivity contribution in [3.63, 3.8) is 0 Å². The Morgan fingerprint density at radius 1 is 0.839 bits per heavy atom. The Morgan fingerprint density at radius 3 is 2.23 bits per heavy atom. The molecular formula is C23H27N5O2S. The van der Waals surface area contributed by atoms with Crippen LogP contribution in [0.2, 0.25) is 0 Å². The molecule has 7 nitrogen and oxygen atoms in total. The van der Waals surface area contributed by atoms with Gasteiger partial charge >= 0.3 is 0 Å². The van der Waals surface area contributed by atoms with Gasteiger partial charge in [-0.1, -0.05) is 29.8 Å². The molecule has 2 aromatic carbocycles. The van der Waals surface area contributed by atoms with Gasteiger partial charge in [0.15, 0.2) is 0 Å². The predicted octanol–water partition coefficient (Wildman–Crippen LogP) is 3.66. The van der Waals surface area contributed by atoms with Gasteiger partial charge in [0.1, 0.15) is 17.5 Å². The summed E-state index contributed by atoms with van der Waals surface area (Å²) in [5.74, 6) is 2.19. The minimum atomic E-state index is -3.49. The molecule has 1 fully saturated rings. The molecule has 8 heteroatoms. The minimum absolute atomic E-state index is 0.350. The second-order valence-electron chi connectivity index (χ2n) is 7.86. The van der Waals surface area contributed by atoms with E-state index in [2.05, 4.69) is 27.1 Å². The largest absolute Gasteiger partial charge is 0.354 e. The van der Waals surface area contributed by atoms with Crippen LogP contribution in [0.3, 0.4) is 0 Å². The number of benzene rings is 2. The number of sulfonamides is 1. The van der Waals surface area contributed by atoms with Gasteiger partial charge in [-0.05, 0) is 50.6 Å². The average Bonchev–Trinajstić information content (AvgIpc) is 2.75. The zero-order valence-corrected chi connectivity index (χ0v) is 18.9. The summed E-state index contributed by atoms with van der Waals surface area (Å²) < 4.78 is 27.5. The molecule has 31 heavy (non-hydrogen) atoms. The van der Waals surface area contributed by atoms with Crippen LogP contribution in [0, 0.1) is 20.8 Å². The summed E-state index contributed by atoms with van der Waals surface area (Å²) in [4.78, 5) is 11.5. The van der Waals surface area contributed by atoms with Crippen LogP contribution in [0.1, 0.15) is 17.0 Å². The van der Waals surface area contributed by atoms with E-state index in [1.54, 1.807) is 22.5 Å². The van der Waals surface area contributed by atoms with Crippen molar-refractivity contribution in [1.29, 1.82) is 0 Å². The number of aryl methyl sites for hydroxylation is 3. The van der Waals surface area contributed by atoms with Crippen molar-refractivity contribution in [1.82, 2.24) is 14.3 Å². The van der Waals surface area contributed by atoms with Crippen molar-refractivity contribution < 1.29 is 8.42 Å². The van der Waals surface area contributed by atoms with E-state index in [0.717, 1.165) is 22.9 Å². The fourth-order valence-corrected chi connectivity index (χ4v) is 5.17. The summed E-state index contributed by atoms with van der Waals surface area (Å²) in [7, 11) is -3.49. The van der Waals surface area contributed by atoms with E-state index in [0.29, 0.717) is 36.9 Å². The summed E-state index contributed by atoms with van der Waals surface area (Å²) >= 11 is 0. The van der Waals surface area contributed by atoms with Crippen LogP contribution in [0.25, 0.3) is 0 Å². The molecule has 1 N–H and O–H groups in total. The maximum absolute atomic E-state index is 13.0. The molecule has 0 bridgehead atoms. The highest BCUT2D eigenvalue weighted by Gasteiger charge is 2.29. The molecule has 1 aliphatic heterocycles. The first-order valence-electron chi connectivity index (χ1n) is 10.3. The number of hydrogen-bond donors (Lipinski definition) is 1. The normalized spacial score (nSPS) is 15.1. The highest BCUT2D eigenvalue weighted by Crippen LogP contribution is 2.23. The summed E-state index contributed by atoms with van der Waals surface area (Å²) in [6, 6.07) is 17.1. The van der Waals surface area contributed by atoms with E-state index in [1.807, 2.05) is 50.2 Å². The lowest BCUT2D eigenvalue weighted by molar-refractivity contribution is 0.383. The van der Waals surface area contributed by atoms with Crippen LogP contribution in [0.15, 0.2) is 59.5 Å². The molecule has 1 aliphatic rings. The van der Waals surface area contributed by atoms with E-state index < -0.39 is 10.0 Å². The lowest BCUT2D eigenvalue weighted by Gasteiger charge is -2.34. The number of piperazine rings is 1. The summed E-state index contributed by atoms with van der Waals surface area (Å²) in [5, 5.41) is 3.33. The Labute approximate surface area is 183 Å². The zero-order chi connectivity index (χ0) is 22.0. The van der Waals surface area contributed by atoms with Crippen LogP contribution in [-0.2, 0) is 10.0 Å². The Hall–Kier alpha value is -2.97. The number of anilines is 3. The molecule has 0 amide bonds. The SMILES string of the molecule is Cc1ccc(Nc2cc(N3CCN(S(=O)(=O)c4cccc(C)c4)CC3)nc(C)n2)cc1. The quantitative estimate of drug-likeness (QED) is 0.656. The molecular weight excluding hydrogens is 410 g/mol. The van der Waals surface area contributed by atoms with Crippen molar-refractivity contribution >= 4 is 27.3 Å². The topological polar surface area (TPSA) is 78.4 Å². The third kappa shape index (κ3) is 4.86. The molecule has 0 unspecified atom stereocenters. The van der Waals surface area contributed by atoms with Crippen LogP contribution < -0.4 is 10.2 Å². The Kier molecular flexibility index (Phi) is 5.93. The van der Waals surface area contributed by atoms with Crippen LogP contribution in [0.5, 0.6) is 0 Å². The van der Waals surface area contributed by atoms with Gasteiger partial charge in [-0.15, -0.1) is 0 Å². The standard InChI is InChI=1S/C23H27N5O2S/c1-17-7-9-20(10-8-17)26-22-16-23(25-19(3)24-22)27-11-13-28(14-12-27)31(29,30)21-6-4-5-18(2)15-21/h4-10,15-16H,11-14H2,1-3H3,(H,24,25,26). The summed E-state index contributed by atoms with van der Waals surface area (Å²) in [6.07, 6.45) is 0. The first kappa shape index (κ1) is 21.3. The molecule has 0 saturated carbocycles. The van der Waals surface area contributed by atoms with Gasteiger partial charge in [-0.25, -0.2) is 18.4 Å². The van der Waals surface area contributed by atoms with Gasteiger partial charge in [0, 0.05) is 37.9 Å². The van der Waals surface area contributed by atoms with Crippen LogP contribution in [0.4, 0.5) is 17.3 Å². The number of hydrogen-bond acceptors (Lipinski definition) is 6. The maximum atomic E-state index is 13.0. The Balaban J connectivity index is 1.47. The van der Waals surface area contributed by atoms with E-state index in [9.17, 15) is 8.42 Å². The molecule has 0 radical (unpaired) electrons. The number of nitrogens with zero attached hydrogens (tertiary/aromatic N) is 4. The molecule has 1 saturated heterocycles. The fraction of sp³-hybridized carbons (Fsp3) is 0.304. The number of aromatic nitrogens is 2. The molecule has 2 heterocycles. The van der Waals surface area contributed by atoms with E-state index >= 15 is 0 Å². The third-order valence-corrected chi connectivity index (χ3v) is 7.23. The van der Waals surface area contributed by atoms with E-state index in [-0.39, 0.29) is 0 Å². The van der Waals surface area contributed by atoms with Gasteiger partial charge in [0.2, 0.25) is 10.0 Å². The highest BCUT2D eigenvalue weighted by molar-refractivity contribution is 7.89. The lowest BCUT2D eigenvalue weighted by Crippen LogP contribution is -2.49. The Bertz CT molecular complexity index is 1170. The summed E-state index contributed by atoms with van der Waals surface area (Å²) in [6.45, 7) is 7.80. The monoisotopic (exact) mass is 437 g/mol. The van der Waals surface area contributed by atoms with Gasteiger partial charge < -0.3 is 10.2 Å². The predicted molar refractivity (Wildman–Crippen MR) is 123 cm³/mol. The first-order chi connectivity index (χ1) is 14.8. The zero-order valence-electron chi connectivity index (χ0n) is 18.0. The molecule has 162 valence electrons. The minimum Gasteiger partial charge on any atom is -0.354 e. The van der Waals surface area contributed by atoms with E-state index in [4.69, 9.17) is 0 Å². The molecule has 1 aromatic heterocycles. The Morgan fingerprint density at radius 2 is 1.55 bits per heavy atom.